The minimum absolute atomic E-state index is 0.0697. The molecule has 4 rings (SSSR count). The van der Waals surface area contributed by atoms with E-state index in [-0.39, 0.29) is 17.9 Å². The van der Waals surface area contributed by atoms with E-state index in [0.29, 0.717) is 18.7 Å². The molecule has 2 aromatic carbocycles. The van der Waals surface area contributed by atoms with E-state index in [1.54, 1.807) is 11.3 Å². The number of piperidine rings is 1. The van der Waals surface area contributed by atoms with Crippen LogP contribution in [0, 0.1) is 0 Å². The highest BCUT2D eigenvalue weighted by molar-refractivity contribution is 7.09. The molecule has 3 aromatic rings. The summed E-state index contributed by atoms with van der Waals surface area (Å²) in [5.74, 6) is 0.157. The van der Waals surface area contributed by atoms with Crippen molar-refractivity contribution in [2.75, 3.05) is 18.4 Å². The van der Waals surface area contributed by atoms with Gasteiger partial charge in [-0.25, -0.2) is 4.79 Å². The number of hydrogen-bond acceptors (Lipinski definition) is 3. The van der Waals surface area contributed by atoms with Crippen LogP contribution in [-0.4, -0.2) is 29.9 Å². The average molecular weight is 420 g/mol. The fraction of sp³-hybridized carbons (Fsp3) is 0.250. The van der Waals surface area contributed by atoms with E-state index in [4.69, 9.17) is 0 Å². The average Bonchev–Trinajstić information content (AvgIpc) is 3.32. The molecular formula is C24H25N3O2S. The summed E-state index contributed by atoms with van der Waals surface area (Å²) >= 11 is 1.63. The van der Waals surface area contributed by atoms with Gasteiger partial charge in [-0.2, -0.15) is 0 Å². The lowest BCUT2D eigenvalue weighted by molar-refractivity contribution is 0.0951. The Kier molecular flexibility index (Phi) is 6.44. The summed E-state index contributed by atoms with van der Waals surface area (Å²) in [5.41, 5.74) is 2.57. The number of thiophene rings is 1. The SMILES string of the molecule is O=C(NCc1cccs1)c1cccc(C2CCCN(C(=O)Nc3ccccc3)C2)c1. The summed E-state index contributed by atoms with van der Waals surface area (Å²) in [6.45, 7) is 1.94. The van der Waals surface area contributed by atoms with E-state index in [0.717, 1.165) is 35.5 Å². The Morgan fingerprint density at radius 1 is 1.03 bits per heavy atom. The van der Waals surface area contributed by atoms with Crippen molar-refractivity contribution in [3.63, 3.8) is 0 Å². The van der Waals surface area contributed by atoms with E-state index in [9.17, 15) is 9.59 Å². The van der Waals surface area contributed by atoms with Crippen molar-refractivity contribution in [2.24, 2.45) is 0 Å². The molecule has 1 fully saturated rings. The second-order valence-electron chi connectivity index (χ2n) is 7.47. The van der Waals surface area contributed by atoms with Crippen molar-refractivity contribution in [3.8, 4) is 0 Å². The number of anilines is 1. The van der Waals surface area contributed by atoms with Crippen LogP contribution in [0.4, 0.5) is 10.5 Å². The standard InChI is InChI=1S/C24H25N3O2S/c28-23(25-16-22-12-6-14-30-22)19-8-4-7-18(15-19)20-9-5-13-27(17-20)24(29)26-21-10-2-1-3-11-21/h1-4,6-8,10-12,14-15,20H,5,9,13,16-17H2,(H,25,28)(H,26,29). The summed E-state index contributed by atoms with van der Waals surface area (Å²) in [5, 5.41) is 7.95. The van der Waals surface area contributed by atoms with Crippen LogP contribution in [0.2, 0.25) is 0 Å². The van der Waals surface area contributed by atoms with E-state index in [1.807, 2.05) is 70.9 Å². The van der Waals surface area contributed by atoms with Gasteiger partial charge in [0.1, 0.15) is 0 Å². The highest BCUT2D eigenvalue weighted by Crippen LogP contribution is 2.28. The van der Waals surface area contributed by atoms with E-state index in [2.05, 4.69) is 16.7 Å². The minimum Gasteiger partial charge on any atom is -0.347 e. The van der Waals surface area contributed by atoms with Gasteiger partial charge in [-0.05, 0) is 54.1 Å². The molecule has 0 bridgehead atoms. The van der Waals surface area contributed by atoms with Gasteiger partial charge in [0, 0.05) is 35.1 Å². The Balaban J connectivity index is 1.39. The highest BCUT2D eigenvalue weighted by atomic mass is 32.1. The van der Waals surface area contributed by atoms with Gasteiger partial charge in [0.15, 0.2) is 0 Å². The van der Waals surface area contributed by atoms with Gasteiger partial charge in [0.2, 0.25) is 0 Å². The van der Waals surface area contributed by atoms with Gasteiger partial charge in [-0.3, -0.25) is 4.79 Å². The molecule has 1 aliphatic rings. The van der Waals surface area contributed by atoms with E-state index < -0.39 is 0 Å². The Hall–Kier alpha value is -3.12. The van der Waals surface area contributed by atoms with Crippen LogP contribution >= 0.6 is 11.3 Å². The number of hydrogen-bond donors (Lipinski definition) is 2. The minimum atomic E-state index is -0.0734. The van der Waals surface area contributed by atoms with Crippen molar-refractivity contribution in [1.29, 1.82) is 0 Å². The van der Waals surface area contributed by atoms with E-state index in [1.165, 1.54) is 0 Å². The molecule has 1 aliphatic heterocycles. The quantitative estimate of drug-likeness (QED) is 0.605. The Bertz CT molecular complexity index is 989. The maximum Gasteiger partial charge on any atom is 0.321 e. The van der Waals surface area contributed by atoms with Crippen molar-refractivity contribution in [1.82, 2.24) is 10.2 Å². The molecule has 0 aliphatic carbocycles. The Morgan fingerprint density at radius 3 is 2.70 bits per heavy atom. The summed E-state index contributed by atoms with van der Waals surface area (Å²) in [6, 6.07) is 21.2. The number of carbonyl (C=O) groups is 2. The number of para-hydroxylation sites is 1. The number of carbonyl (C=O) groups excluding carboxylic acids is 2. The van der Waals surface area contributed by atoms with Crippen molar-refractivity contribution in [3.05, 3.63) is 88.1 Å². The van der Waals surface area contributed by atoms with Crippen molar-refractivity contribution < 1.29 is 9.59 Å². The molecule has 154 valence electrons. The van der Waals surface area contributed by atoms with Gasteiger partial charge >= 0.3 is 6.03 Å². The first-order valence-corrected chi connectivity index (χ1v) is 11.1. The predicted octanol–water partition coefficient (Wildman–Crippen LogP) is 5.09. The zero-order valence-electron chi connectivity index (χ0n) is 16.7. The molecule has 0 spiro atoms. The normalized spacial score (nSPS) is 16.1. The molecule has 2 N–H and O–H groups in total. The predicted molar refractivity (Wildman–Crippen MR) is 121 cm³/mol. The molecule has 1 atom stereocenters. The monoisotopic (exact) mass is 419 g/mol. The molecule has 0 radical (unpaired) electrons. The maximum atomic E-state index is 12.7. The van der Waals surface area contributed by atoms with Gasteiger partial charge in [-0.15, -0.1) is 11.3 Å². The zero-order chi connectivity index (χ0) is 20.8. The van der Waals surface area contributed by atoms with Crippen LogP contribution in [0.5, 0.6) is 0 Å². The summed E-state index contributed by atoms with van der Waals surface area (Å²) in [4.78, 5) is 28.2. The van der Waals surface area contributed by atoms with Crippen LogP contribution in [0.3, 0.4) is 0 Å². The molecule has 1 aromatic heterocycles. The fourth-order valence-electron chi connectivity index (χ4n) is 3.77. The molecular weight excluding hydrogens is 394 g/mol. The van der Waals surface area contributed by atoms with Crippen LogP contribution < -0.4 is 10.6 Å². The fourth-order valence-corrected chi connectivity index (χ4v) is 4.42. The third kappa shape index (κ3) is 5.07. The van der Waals surface area contributed by atoms with Gasteiger partial charge in [0.05, 0.1) is 6.54 Å². The van der Waals surface area contributed by atoms with E-state index >= 15 is 0 Å². The topological polar surface area (TPSA) is 61.4 Å². The lowest BCUT2D eigenvalue weighted by Gasteiger charge is -2.33. The molecule has 6 heteroatoms. The van der Waals surface area contributed by atoms with Crippen LogP contribution in [0.1, 0.15) is 39.6 Å². The molecule has 2 heterocycles. The molecule has 5 nitrogen and oxygen atoms in total. The number of nitrogens with one attached hydrogen (secondary N) is 2. The van der Waals surface area contributed by atoms with Gasteiger partial charge < -0.3 is 15.5 Å². The summed E-state index contributed by atoms with van der Waals surface area (Å²) in [7, 11) is 0. The zero-order valence-corrected chi connectivity index (χ0v) is 17.5. The van der Waals surface area contributed by atoms with Gasteiger partial charge in [-0.1, -0.05) is 36.4 Å². The largest absolute Gasteiger partial charge is 0.347 e. The highest BCUT2D eigenvalue weighted by Gasteiger charge is 2.25. The number of nitrogens with zero attached hydrogens (tertiary/aromatic N) is 1. The second kappa shape index (κ2) is 9.59. The van der Waals surface area contributed by atoms with Crippen molar-refractivity contribution in [2.45, 2.75) is 25.3 Å². The first-order valence-electron chi connectivity index (χ1n) is 10.2. The lowest BCUT2D eigenvalue weighted by Crippen LogP contribution is -2.41. The number of likely N-dealkylation sites (tertiary alicyclic amines) is 1. The number of rotatable bonds is 5. The maximum absolute atomic E-state index is 12.7. The number of urea groups is 1. The molecule has 1 saturated heterocycles. The first-order chi connectivity index (χ1) is 14.7. The molecule has 0 saturated carbocycles. The van der Waals surface area contributed by atoms with Gasteiger partial charge in [0.25, 0.3) is 5.91 Å². The molecule has 1 unspecified atom stereocenters. The summed E-state index contributed by atoms with van der Waals surface area (Å²) < 4.78 is 0. The molecule has 3 amide bonds. The second-order valence-corrected chi connectivity index (χ2v) is 8.50. The number of amides is 3. The summed E-state index contributed by atoms with van der Waals surface area (Å²) in [6.07, 6.45) is 1.96. The van der Waals surface area contributed by atoms with Crippen LogP contribution in [0.15, 0.2) is 72.1 Å². The third-order valence-electron chi connectivity index (χ3n) is 5.36. The smallest absolute Gasteiger partial charge is 0.321 e. The molecule has 30 heavy (non-hydrogen) atoms. The van der Waals surface area contributed by atoms with Crippen LogP contribution in [0.25, 0.3) is 0 Å². The van der Waals surface area contributed by atoms with Crippen molar-refractivity contribution >= 4 is 29.0 Å². The third-order valence-corrected chi connectivity index (χ3v) is 6.23. The Labute approximate surface area is 180 Å². The Morgan fingerprint density at radius 2 is 1.90 bits per heavy atom. The van der Waals surface area contributed by atoms with Crippen LogP contribution in [-0.2, 0) is 6.54 Å². The lowest BCUT2D eigenvalue weighted by atomic mass is 9.89. The first kappa shape index (κ1) is 20.2. The number of benzene rings is 2.